The standard InChI is InChI=1S/C22H21N3O4/c26-22(25-27)15-10-11-18-19(14-15)24-21(23-18)17-8-4-5-9-20(17)29-13-12-28-16-6-2-1-3-7-16/h1-11,14,21,23-24,27H,12-13H2,(H,25,26). The maximum Gasteiger partial charge on any atom is 0.274 e. The van der Waals surface area contributed by atoms with Crippen LogP contribution in [0, 0.1) is 0 Å². The molecule has 4 N–H and O–H groups in total. The van der Waals surface area contributed by atoms with Crippen molar-refractivity contribution in [2.24, 2.45) is 0 Å². The zero-order valence-corrected chi connectivity index (χ0v) is 15.6. The highest BCUT2D eigenvalue weighted by Gasteiger charge is 2.24. The van der Waals surface area contributed by atoms with Crippen LogP contribution in [0.25, 0.3) is 0 Å². The van der Waals surface area contributed by atoms with Crippen LogP contribution >= 0.6 is 0 Å². The highest BCUT2D eigenvalue weighted by molar-refractivity contribution is 5.96. The second-order valence-corrected chi connectivity index (χ2v) is 6.47. The second kappa shape index (κ2) is 8.53. The molecule has 29 heavy (non-hydrogen) atoms. The van der Waals surface area contributed by atoms with Crippen LogP contribution in [0.2, 0.25) is 0 Å². The summed E-state index contributed by atoms with van der Waals surface area (Å²) in [4.78, 5) is 11.6. The van der Waals surface area contributed by atoms with Crippen LogP contribution in [0.3, 0.4) is 0 Å². The molecule has 4 rings (SSSR count). The molecule has 1 unspecified atom stereocenters. The number of para-hydroxylation sites is 2. The van der Waals surface area contributed by atoms with Crippen molar-refractivity contribution in [3.63, 3.8) is 0 Å². The fourth-order valence-electron chi connectivity index (χ4n) is 3.18. The van der Waals surface area contributed by atoms with Crippen LogP contribution in [0.4, 0.5) is 11.4 Å². The molecular weight excluding hydrogens is 370 g/mol. The van der Waals surface area contributed by atoms with Crippen LogP contribution in [0.1, 0.15) is 22.1 Å². The van der Waals surface area contributed by atoms with Gasteiger partial charge in [-0.3, -0.25) is 10.0 Å². The lowest BCUT2D eigenvalue weighted by Crippen LogP contribution is -2.18. The van der Waals surface area contributed by atoms with Gasteiger partial charge < -0.3 is 20.1 Å². The number of hydroxylamine groups is 1. The first-order valence-electron chi connectivity index (χ1n) is 9.26. The van der Waals surface area contributed by atoms with Gasteiger partial charge in [-0.05, 0) is 36.4 Å². The summed E-state index contributed by atoms with van der Waals surface area (Å²) in [5.74, 6) is 0.997. The number of hydrogen-bond acceptors (Lipinski definition) is 6. The van der Waals surface area contributed by atoms with Crippen molar-refractivity contribution in [3.05, 3.63) is 83.9 Å². The Labute approximate surface area is 168 Å². The summed E-state index contributed by atoms with van der Waals surface area (Å²) in [7, 11) is 0. The normalized spacial score (nSPS) is 14.3. The number of carbonyl (C=O) groups is 1. The Morgan fingerprint density at radius 3 is 2.45 bits per heavy atom. The first kappa shape index (κ1) is 18.6. The summed E-state index contributed by atoms with van der Waals surface area (Å²) >= 11 is 0. The minimum atomic E-state index is -0.555. The minimum Gasteiger partial charge on any atom is -0.490 e. The molecule has 1 aliphatic heterocycles. The molecule has 0 saturated carbocycles. The van der Waals surface area contributed by atoms with Crippen LogP contribution in [-0.2, 0) is 0 Å². The summed E-state index contributed by atoms with van der Waals surface area (Å²) in [6.45, 7) is 0.843. The fourth-order valence-corrected chi connectivity index (χ4v) is 3.18. The number of nitrogens with one attached hydrogen (secondary N) is 3. The first-order chi connectivity index (χ1) is 14.2. The van der Waals surface area contributed by atoms with Crippen molar-refractivity contribution < 1.29 is 19.5 Å². The second-order valence-electron chi connectivity index (χ2n) is 6.47. The van der Waals surface area contributed by atoms with Gasteiger partial charge in [0.1, 0.15) is 30.9 Å². The molecule has 0 radical (unpaired) electrons. The van der Waals surface area contributed by atoms with Gasteiger partial charge in [-0.1, -0.05) is 36.4 Å². The predicted molar refractivity (Wildman–Crippen MR) is 110 cm³/mol. The van der Waals surface area contributed by atoms with Crippen LogP contribution < -0.4 is 25.6 Å². The van der Waals surface area contributed by atoms with E-state index < -0.39 is 5.91 Å². The molecule has 1 amide bonds. The molecule has 0 saturated heterocycles. The summed E-state index contributed by atoms with van der Waals surface area (Å²) in [6, 6.07) is 22.5. The van der Waals surface area contributed by atoms with E-state index in [-0.39, 0.29) is 6.17 Å². The van der Waals surface area contributed by atoms with E-state index in [1.54, 1.807) is 23.7 Å². The zero-order valence-electron chi connectivity index (χ0n) is 15.6. The third kappa shape index (κ3) is 4.25. The Kier molecular flexibility index (Phi) is 5.49. The number of anilines is 2. The predicted octanol–water partition coefficient (Wildman–Crippen LogP) is 3.80. The Morgan fingerprint density at radius 1 is 0.897 bits per heavy atom. The smallest absolute Gasteiger partial charge is 0.274 e. The van der Waals surface area contributed by atoms with Gasteiger partial charge in [-0.2, -0.15) is 0 Å². The Hall–Kier alpha value is -3.71. The van der Waals surface area contributed by atoms with Crippen LogP contribution in [0.15, 0.2) is 72.8 Å². The average Bonchev–Trinajstić information content (AvgIpc) is 3.20. The molecular formula is C22H21N3O4. The zero-order chi connectivity index (χ0) is 20.1. The fraction of sp³-hybridized carbons (Fsp3) is 0.136. The molecule has 7 nitrogen and oxygen atoms in total. The molecule has 1 atom stereocenters. The van der Waals surface area contributed by atoms with Crippen molar-refractivity contribution >= 4 is 17.3 Å². The Morgan fingerprint density at radius 2 is 1.62 bits per heavy atom. The first-order valence-corrected chi connectivity index (χ1v) is 9.26. The molecule has 1 heterocycles. The topological polar surface area (TPSA) is 91.9 Å². The minimum absolute atomic E-state index is 0.205. The SMILES string of the molecule is O=C(NO)c1ccc2c(c1)NC(c1ccccc1OCCOc1ccccc1)N2. The van der Waals surface area contributed by atoms with Gasteiger partial charge in [-0.25, -0.2) is 5.48 Å². The number of ether oxygens (including phenoxy) is 2. The van der Waals surface area contributed by atoms with Crippen molar-refractivity contribution in [2.75, 3.05) is 23.8 Å². The van der Waals surface area contributed by atoms with Gasteiger partial charge in [0.05, 0.1) is 11.4 Å². The molecule has 0 spiro atoms. The van der Waals surface area contributed by atoms with Gasteiger partial charge in [0.15, 0.2) is 0 Å². The van der Waals surface area contributed by atoms with E-state index in [1.807, 2.05) is 54.6 Å². The van der Waals surface area contributed by atoms with Gasteiger partial charge in [0.25, 0.3) is 5.91 Å². The molecule has 7 heteroatoms. The Bertz CT molecular complexity index is 994. The summed E-state index contributed by atoms with van der Waals surface area (Å²) in [5, 5.41) is 15.5. The van der Waals surface area contributed by atoms with E-state index in [9.17, 15) is 4.79 Å². The third-order valence-corrected chi connectivity index (χ3v) is 4.57. The van der Waals surface area contributed by atoms with Gasteiger partial charge in [0, 0.05) is 11.1 Å². The number of carbonyl (C=O) groups excluding carboxylic acids is 1. The molecule has 0 aromatic heterocycles. The molecule has 0 fully saturated rings. The molecule has 3 aromatic rings. The van der Waals surface area contributed by atoms with E-state index in [1.165, 1.54) is 0 Å². The van der Waals surface area contributed by atoms with E-state index >= 15 is 0 Å². The number of amides is 1. The number of hydrogen-bond donors (Lipinski definition) is 4. The lowest BCUT2D eigenvalue weighted by molar-refractivity contribution is 0.0706. The monoisotopic (exact) mass is 391 g/mol. The van der Waals surface area contributed by atoms with Crippen molar-refractivity contribution in [2.45, 2.75) is 6.17 Å². The van der Waals surface area contributed by atoms with Crippen molar-refractivity contribution in [3.8, 4) is 11.5 Å². The van der Waals surface area contributed by atoms with Crippen molar-refractivity contribution in [1.82, 2.24) is 5.48 Å². The highest BCUT2D eigenvalue weighted by atomic mass is 16.5. The number of rotatable bonds is 7. The third-order valence-electron chi connectivity index (χ3n) is 4.57. The number of benzene rings is 3. The average molecular weight is 391 g/mol. The van der Waals surface area contributed by atoms with Gasteiger partial charge in [0.2, 0.25) is 0 Å². The maximum atomic E-state index is 11.6. The highest BCUT2D eigenvalue weighted by Crippen LogP contribution is 2.38. The Balaban J connectivity index is 1.41. The largest absolute Gasteiger partial charge is 0.490 e. The summed E-state index contributed by atoms with van der Waals surface area (Å²) in [5.41, 5.74) is 4.60. The summed E-state index contributed by atoms with van der Waals surface area (Å²) in [6.07, 6.45) is -0.205. The van der Waals surface area contributed by atoms with E-state index in [0.717, 1.165) is 28.4 Å². The molecule has 1 aliphatic rings. The number of fused-ring (bicyclic) bond motifs is 1. The van der Waals surface area contributed by atoms with E-state index in [2.05, 4.69) is 10.6 Å². The lowest BCUT2D eigenvalue weighted by atomic mass is 10.1. The molecule has 0 aliphatic carbocycles. The summed E-state index contributed by atoms with van der Waals surface area (Å²) < 4.78 is 11.6. The van der Waals surface area contributed by atoms with Crippen LogP contribution in [-0.4, -0.2) is 24.3 Å². The van der Waals surface area contributed by atoms with Gasteiger partial charge >= 0.3 is 0 Å². The lowest BCUT2D eigenvalue weighted by Gasteiger charge is -2.18. The molecule has 3 aromatic carbocycles. The van der Waals surface area contributed by atoms with E-state index in [0.29, 0.717) is 18.8 Å². The van der Waals surface area contributed by atoms with E-state index in [4.69, 9.17) is 14.7 Å². The molecule has 148 valence electrons. The quantitative estimate of drug-likeness (QED) is 0.278. The van der Waals surface area contributed by atoms with Crippen molar-refractivity contribution in [1.29, 1.82) is 0 Å². The maximum absolute atomic E-state index is 11.6. The van der Waals surface area contributed by atoms with Crippen LogP contribution in [0.5, 0.6) is 11.5 Å². The molecule has 0 bridgehead atoms. The van der Waals surface area contributed by atoms with Gasteiger partial charge in [-0.15, -0.1) is 0 Å².